The van der Waals surface area contributed by atoms with Crippen molar-refractivity contribution in [2.45, 2.75) is 19.3 Å². The number of benzene rings is 2. The Hall–Kier alpha value is -2.08. The summed E-state index contributed by atoms with van der Waals surface area (Å²) in [7, 11) is 0. The SMILES string of the molecule is O=C1CC=c2ccc(OCCCCN3CCN(c4cccc(Cl)c4Cl)CC3)cc2=N1. The van der Waals surface area contributed by atoms with Crippen LogP contribution in [0.25, 0.3) is 6.08 Å². The van der Waals surface area contributed by atoms with Gasteiger partial charge in [0.1, 0.15) is 5.75 Å². The molecule has 7 heteroatoms. The van der Waals surface area contributed by atoms with E-state index in [4.69, 9.17) is 27.9 Å². The van der Waals surface area contributed by atoms with E-state index < -0.39 is 0 Å². The predicted molar refractivity (Wildman–Crippen MR) is 121 cm³/mol. The number of carbonyl (C=O) groups is 1. The summed E-state index contributed by atoms with van der Waals surface area (Å²) in [6.07, 6.45) is 4.36. The van der Waals surface area contributed by atoms with Gasteiger partial charge in [-0.15, -0.1) is 0 Å². The molecule has 2 aliphatic heterocycles. The van der Waals surface area contributed by atoms with Crippen LogP contribution in [0.15, 0.2) is 41.4 Å². The molecule has 1 saturated heterocycles. The van der Waals surface area contributed by atoms with Gasteiger partial charge >= 0.3 is 0 Å². The fourth-order valence-electron chi connectivity index (χ4n) is 3.84. The summed E-state index contributed by atoms with van der Waals surface area (Å²) >= 11 is 12.5. The van der Waals surface area contributed by atoms with E-state index in [1.54, 1.807) is 0 Å². The number of amides is 1. The van der Waals surface area contributed by atoms with Crippen molar-refractivity contribution in [2.75, 3.05) is 44.2 Å². The normalized spacial score (nSPS) is 16.6. The molecule has 0 aliphatic carbocycles. The molecule has 0 radical (unpaired) electrons. The van der Waals surface area contributed by atoms with Crippen LogP contribution in [-0.2, 0) is 4.79 Å². The first kappa shape index (κ1) is 21.2. The van der Waals surface area contributed by atoms with Gasteiger partial charge in [0, 0.05) is 38.7 Å². The maximum Gasteiger partial charge on any atom is 0.250 e. The van der Waals surface area contributed by atoms with Crippen LogP contribution in [-0.4, -0.2) is 50.1 Å². The third kappa shape index (κ3) is 5.15. The van der Waals surface area contributed by atoms with Crippen molar-refractivity contribution in [3.05, 3.63) is 57.0 Å². The molecule has 0 bridgehead atoms. The van der Waals surface area contributed by atoms with Crippen LogP contribution in [0.2, 0.25) is 10.0 Å². The summed E-state index contributed by atoms with van der Waals surface area (Å²) in [5.41, 5.74) is 1.02. The van der Waals surface area contributed by atoms with E-state index in [1.807, 2.05) is 42.5 Å². The maximum absolute atomic E-state index is 11.5. The van der Waals surface area contributed by atoms with E-state index in [1.165, 1.54) is 0 Å². The van der Waals surface area contributed by atoms with Gasteiger partial charge in [-0.1, -0.05) is 35.3 Å². The van der Waals surface area contributed by atoms with Gasteiger partial charge in [0.05, 0.1) is 27.7 Å². The minimum atomic E-state index is -0.0996. The molecule has 4 rings (SSSR count). The molecule has 5 nitrogen and oxygen atoms in total. The smallest absolute Gasteiger partial charge is 0.250 e. The molecule has 0 atom stereocenters. The van der Waals surface area contributed by atoms with Gasteiger partial charge in [0.15, 0.2) is 0 Å². The predicted octanol–water partition coefficient (Wildman–Crippen LogP) is 3.31. The molecule has 0 saturated carbocycles. The van der Waals surface area contributed by atoms with Crippen LogP contribution < -0.4 is 20.2 Å². The van der Waals surface area contributed by atoms with Crippen molar-refractivity contribution >= 4 is 40.9 Å². The Labute approximate surface area is 186 Å². The van der Waals surface area contributed by atoms with Crippen molar-refractivity contribution < 1.29 is 9.53 Å². The number of piperazine rings is 1. The zero-order chi connectivity index (χ0) is 20.9. The van der Waals surface area contributed by atoms with Crippen molar-refractivity contribution in [1.82, 2.24) is 4.90 Å². The second-order valence-electron chi connectivity index (χ2n) is 7.59. The average molecular weight is 446 g/mol. The summed E-state index contributed by atoms with van der Waals surface area (Å²) < 4.78 is 5.86. The molecule has 158 valence electrons. The van der Waals surface area contributed by atoms with E-state index in [0.29, 0.717) is 28.4 Å². The molecule has 0 aromatic heterocycles. The molecule has 2 heterocycles. The minimum Gasteiger partial charge on any atom is -0.494 e. The van der Waals surface area contributed by atoms with E-state index in [-0.39, 0.29) is 5.91 Å². The lowest BCUT2D eigenvalue weighted by Crippen LogP contribution is -2.46. The lowest BCUT2D eigenvalue weighted by atomic mass is 10.2. The maximum atomic E-state index is 11.5. The van der Waals surface area contributed by atoms with Gasteiger partial charge in [-0.2, -0.15) is 0 Å². The van der Waals surface area contributed by atoms with Crippen LogP contribution in [0.1, 0.15) is 19.3 Å². The Balaban J connectivity index is 1.18. The fourth-order valence-corrected chi connectivity index (χ4v) is 4.25. The fraction of sp³-hybridized carbons (Fsp3) is 0.391. The van der Waals surface area contributed by atoms with Gasteiger partial charge in [0.2, 0.25) is 5.91 Å². The lowest BCUT2D eigenvalue weighted by Gasteiger charge is -2.36. The number of carbonyl (C=O) groups excluding carboxylic acids is 1. The largest absolute Gasteiger partial charge is 0.494 e. The molecule has 1 amide bonds. The number of fused-ring (bicyclic) bond motifs is 1. The number of nitrogens with zero attached hydrogens (tertiary/aromatic N) is 3. The van der Waals surface area contributed by atoms with E-state index in [0.717, 1.165) is 62.2 Å². The molecule has 2 aromatic rings. The summed E-state index contributed by atoms with van der Waals surface area (Å²) in [5.74, 6) is 0.671. The van der Waals surface area contributed by atoms with E-state index in [2.05, 4.69) is 14.8 Å². The molecule has 2 aliphatic rings. The highest BCUT2D eigenvalue weighted by Crippen LogP contribution is 2.32. The van der Waals surface area contributed by atoms with E-state index in [9.17, 15) is 4.79 Å². The second-order valence-corrected chi connectivity index (χ2v) is 8.38. The monoisotopic (exact) mass is 445 g/mol. The number of anilines is 1. The zero-order valence-corrected chi connectivity index (χ0v) is 18.3. The highest BCUT2D eigenvalue weighted by atomic mass is 35.5. The van der Waals surface area contributed by atoms with Gasteiger partial charge in [-0.05, 0) is 48.9 Å². The third-order valence-corrected chi connectivity index (χ3v) is 6.33. The Kier molecular flexibility index (Phi) is 6.93. The quantitative estimate of drug-likeness (QED) is 0.613. The topological polar surface area (TPSA) is 45.1 Å². The van der Waals surface area contributed by atoms with E-state index >= 15 is 0 Å². The van der Waals surface area contributed by atoms with Crippen LogP contribution in [0.5, 0.6) is 5.75 Å². The average Bonchev–Trinajstić information content (AvgIpc) is 2.76. The molecule has 0 spiro atoms. The number of hydrogen-bond donors (Lipinski definition) is 0. The Morgan fingerprint density at radius 1 is 1.03 bits per heavy atom. The number of rotatable bonds is 7. The third-order valence-electron chi connectivity index (χ3n) is 5.53. The standard InChI is InChI=1S/C23H25Cl2N3O2/c24-19-4-3-5-21(23(19)25)28-13-11-27(12-14-28)10-1-2-15-30-18-8-6-17-7-9-22(29)26-20(17)16-18/h3-8,16H,1-2,9-15H2. The summed E-state index contributed by atoms with van der Waals surface area (Å²) in [6, 6.07) is 11.6. The van der Waals surface area contributed by atoms with Gasteiger partial charge in [-0.3, -0.25) is 9.69 Å². The number of ether oxygens (including phenoxy) is 1. The summed E-state index contributed by atoms with van der Waals surface area (Å²) in [6.45, 7) is 5.65. The Morgan fingerprint density at radius 2 is 1.87 bits per heavy atom. The number of unbranched alkanes of at least 4 members (excludes halogenated alkanes) is 1. The molecule has 30 heavy (non-hydrogen) atoms. The van der Waals surface area contributed by atoms with Crippen LogP contribution in [0.3, 0.4) is 0 Å². The molecule has 2 aromatic carbocycles. The Bertz CT molecular complexity index is 1030. The second kappa shape index (κ2) is 9.82. The minimum absolute atomic E-state index is 0.0996. The van der Waals surface area contributed by atoms with Crippen molar-refractivity contribution in [3.63, 3.8) is 0 Å². The summed E-state index contributed by atoms with van der Waals surface area (Å²) in [5, 5.41) is 2.96. The Morgan fingerprint density at radius 3 is 2.70 bits per heavy atom. The number of hydrogen-bond acceptors (Lipinski definition) is 4. The molecule has 1 fully saturated rings. The summed E-state index contributed by atoms with van der Waals surface area (Å²) in [4.78, 5) is 20.3. The van der Waals surface area contributed by atoms with Gasteiger partial charge in [0.25, 0.3) is 0 Å². The first-order valence-electron chi connectivity index (χ1n) is 10.4. The highest BCUT2D eigenvalue weighted by Gasteiger charge is 2.19. The van der Waals surface area contributed by atoms with Crippen molar-refractivity contribution in [3.8, 4) is 5.75 Å². The van der Waals surface area contributed by atoms with Crippen molar-refractivity contribution in [2.24, 2.45) is 4.99 Å². The number of halogens is 2. The molecule has 0 N–H and O–H groups in total. The first-order chi connectivity index (χ1) is 14.6. The van der Waals surface area contributed by atoms with Gasteiger partial charge < -0.3 is 9.64 Å². The zero-order valence-electron chi connectivity index (χ0n) is 16.8. The molecular formula is C23H25Cl2N3O2. The highest BCUT2D eigenvalue weighted by molar-refractivity contribution is 6.43. The first-order valence-corrected chi connectivity index (χ1v) is 11.1. The van der Waals surface area contributed by atoms with Crippen LogP contribution >= 0.6 is 23.2 Å². The van der Waals surface area contributed by atoms with Crippen molar-refractivity contribution in [1.29, 1.82) is 0 Å². The van der Waals surface area contributed by atoms with Gasteiger partial charge in [-0.25, -0.2) is 4.99 Å². The molecular weight excluding hydrogens is 421 g/mol. The van der Waals surface area contributed by atoms with Crippen LogP contribution in [0.4, 0.5) is 5.69 Å². The van der Waals surface area contributed by atoms with Crippen LogP contribution in [0, 0.1) is 0 Å². The lowest BCUT2D eigenvalue weighted by molar-refractivity contribution is -0.117. The molecule has 0 unspecified atom stereocenters.